The number of urea groups is 1. The van der Waals surface area contributed by atoms with E-state index in [0.29, 0.717) is 19.6 Å². The molecule has 0 unspecified atom stereocenters. The van der Waals surface area contributed by atoms with Gasteiger partial charge in [0.05, 0.1) is 7.11 Å². The van der Waals surface area contributed by atoms with E-state index in [0.717, 1.165) is 35.9 Å². The molecule has 0 aliphatic carbocycles. The lowest BCUT2D eigenvalue weighted by Crippen LogP contribution is -2.51. The summed E-state index contributed by atoms with van der Waals surface area (Å²) in [7, 11) is 1.66. The molecule has 3 aromatic rings. The quantitative estimate of drug-likeness (QED) is 0.721. The first kappa shape index (κ1) is 18.8. The second-order valence-corrected chi connectivity index (χ2v) is 6.81. The number of nitrogens with zero attached hydrogens (tertiary/aromatic N) is 5. The molecule has 2 aromatic heterocycles. The summed E-state index contributed by atoms with van der Waals surface area (Å²) in [6, 6.07) is 13.7. The van der Waals surface area contributed by atoms with Crippen molar-refractivity contribution in [2.24, 2.45) is 0 Å². The monoisotopic (exact) mass is 392 g/mol. The molecule has 0 spiro atoms. The van der Waals surface area contributed by atoms with Crippen LogP contribution < -0.4 is 15.0 Å². The van der Waals surface area contributed by atoms with Crippen LogP contribution in [0, 0.1) is 0 Å². The van der Waals surface area contributed by atoms with Crippen LogP contribution in [0.5, 0.6) is 5.75 Å². The number of nitrogens with one attached hydrogen (secondary N) is 1. The fraction of sp³-hybridized carbons (Fsp3) is 0.286. The Kier molecular flexibility index (Phi) is 5.60. The van der Waals surface area contributed by atoms with Crippen molar-refractivity contribution in [3.63, 3.8) is 0 Å². The third-order valence-corrected chi connectivity index (χ3v) is 5.00. The van der Waals surface area contributed by atoms with Crippen molar-refractivity contribution in [3.8, 4) is 11.6 Å². The zero-order chi connectivity index (χ0) is 20.1. The van der Waals surface area contributed by atoms with Crippen molar-refractivity contribution < 1.29 is 9.53 Å². The number of pyridine rings is 1. The summed E-state index contributed by atoms with van der Waals surface area (Å²) < 4.78 is 6.90. The predicted octanol–water partition coefficient (Wildman–Crippen LogP) is 2.31. The lowest BCUT2D eigenvalue weighted by atomic mass is 10.2. The molecule has 4 rings (SSSR count). The van der Waals surface area contributed by atoms with E-state index in [1.54, 1.807) is 24.2 Å². The molecule has 3 heterocycles. The maximum absolute atomic E-state index is 12.5. The van der Waals surface area contributed by atoms with E-state index in [4.69, 9.17) is 4.74 Å². The van der Waals surface area contributed by atoms with Gasteiger partial charge in [0, 0.05) is 57.0 Å². The number of methoxy groups -OCH3 is 1. The summed E-state index contributed by atoms with van der Waals surface area (Å²) >= 11 is 0. The van der Waals surface area contributed by atoms with Crippen LogP contribution in [0.4, 0.5) is 10.5 Å². The zero-order valence-electron chi connectivity index (χ0n) is 16.4. The fourth-order valence-corrected chi connectivity index (χ4v) is 3.31. The number of hydrogen-bond donors (Lipinski definition) is 1. The third kappa shape index (κ3) is 4.48. The number of carbonyl (C=O) groups is 1. The van der Waals surface area contributed by atoms with Crippen LogP contribution in [0.3, 0.4) is 0 Å². The number of aromatic nitrogens is 3. The van der Waals surface area contributed by atoms with E-state index in [1.807, 2.05) is 41.4 Å². The standard InChI is InChI=1S/C21H24N6O2/c1-29-19-6-4-18(5-7-19)25-11-13-26(14-12-25)21(28)23-16-17-3-8-20(22-15-17)27-10-2-9-24-27/h2-10,15H,11-14,16H2,1H3,(H,23,28). The molecule has 8 heteroatoms. The van der Waals surface area contributed by atoms with Crippen molar-refractivity contribution in [1.82, 2.24) is 25.0 Å². The van der Waals surface area contributed by atoms with Crippen LogP contribution >= 0.6 is 0 Å². The second kappa shape index (κ2) is 8.64. The molecule has 1 N–H and O–H groups in total. The SMILES string of the molecule is COc1ccc(N2CCN(C(=O)NCc3ccc(-n4cccn4)nc3)CC2)cc1. The highest BCUT2D eigenvalue weighted by molar-refractivity contribution is 5.74. The summed E-state index contributed by atoms with van der Waals surface area (Å²) in [4.78, 5) is 21.0. The minimum atomic E-state index is -0.0458. The first-order chi connectivity index (χ1) is 14.2. The van der Waals surface area contributed by atoms with Crippen LogP contribution in [0.1, 0.15) is 5.56 Å². The largest absolute Gasteiger partial charge is 0.497 e. The van der Waals surface area contributed by atoms with E-state index in [-0.39, 0.29) is 6.03 Å². The van der Waals surface area contributed by atoms with Gasteiger partial charge in [0.25, 0.3) is 0 Å². The van der Waals surface area contributed by atoms with Crippen LogP contribution in [0.15, 0.2) is 61.1 Å². The third-order valence-electron chi connectivity index (χ3n) is 5.00. The molecule has 0 bridgehead atoms. The summed E-state index contributed by atoms with van der Waals surface area (Å²) in [5, 5.41) is 7.14. The van der Waals surface area contributed by atoms with Gasteiger partial charge in [0.2, 0.25) is 0 Å². The van der Waals surface area contributed by atoms with Crippen molar-refractivity contribution >= 4 is 11.7 Å². The second-order valence-electron chi connectivity index (χ2n) is 6.81. The molecule has 1 saturated heterocycles. The number of ether oxygens (including phenoxy) is 1. The summed E-state index contributed by atoms with van der Waals surface area (Å²) in [6.45, 7) is 3.44. The molecule has 1 aliphatic rings. The minimum Gasteiger partial charge on any atom is -0.497 e. The molecule has 8 nitrogen and oxygen atoms in total. The average molecular weight is 392 g/mol. The van der Waals surface area contributed by atoms with Crippen LogP contribution in [-0.2, 0) is 6.54 Å². The summed E-state index contributed by atoms with van der Waals surface area (Å²) in [5.74, 6) is 1.60. The molecule has 29 heavy (non-hydrogen) atoms. The first-order valence-corrected chi connectivity index (χ1v) is 9.59. The average Bonchev–Trinajstić information content (AvgIpc) is 3.33. The zero-order valence-corrected chi connectivity index (χ0v) is 16.4. The number of hydrogen-bond acceptors (Lipinski definition) is 5. The Morgan fingerprint density at radius 3 is 2.52 bits per heavy atom. The maximum atomic E-state index is 12.5. The number of piperazine rings is 1. The van der Waals surface area contributed by atoms with Gasteiger partial charge in [0.1, 0.15) is 5.75 Å². The summed E-state index contributed by atoms with van der Waals surface area (Å²) in [5.41, 5.74) is 2.10. The molecule has 1 fully saturated rings. The Morgan fingerprint density at radius 2 is 1.90 bits per heavy atom. The van der Waals surface area contributed by atoms with Gasteiger partial charge in [-0.15, -0.1) is 0 Å². The Bertz CT molecular complexity index is 917. The normalized spacial score (nSPS) is 14.0. The number of anilines is 1. The number of amides is 2. The maximum Gasteiger partial charge on any atom is 0.317 e. The first-order valence-electron chi connectivity index (χ1n) is 9.59. The van der Waals surface area contributed by atoms with Crippen LogP contribution in [-0.4, -0.2) is 59.0 Å². The lowest BCUT2D eigenvalue weighted by molar-refractivity contribution is 0.194. The van der Waals surface area contributed by atoms with E-state index in [1.165, 1.54) is 0 Å². The van der Waals surface area contributed by atoms with E-state index >= 15 is 0 Å². The van der Waals surface area contributed by atoms with Crippen molar-refractivity contribution in [2.45, 2.75) is 6.54 Å². The fourth-order valence-electron chi connectivity index (χ4n) is 3.31. The van der Waals surface area contributed by atoms with E-state index in [2.05, 4.69) is 32.4 Å². The van der Waals surface area contributed by atoms with Gasteiger partial charge in [-0.25, -0.2) is 14.5 Å². The van der Waals surface area contributed by atoms with Gasteiger partial charge >= 0.3 is 6.03 Å². The van der Waals surface area contributed by atoms with Gasteiger partial charge in [-0.3, -0.25) is 0 Å². The molecular formula is C21H24N6O2. The highest BCUT2D eigenvalue weighted by Gasteiger charge is 2.21. The van der Waals surface area contributed by atoms with Gasteiger partial charge in [-0.05, 0) is 42.0 Å². The van der Waals surface area contributed by atoms with Crippen LogP contribution in [0.25, 0.3) is 5.82 Å². The van der Waals surface area contributed by atoms with Gasteiger partial charge in [-0.2, -0.15) is 5.10 Å². The molecule has 150 valence electrons. The Hall–Kier alpha value is -3.55. The van der Waals surface area contributed by atoms with E-state index < -0.39 is 0 Å². The topological polar surface area (TPSA) is 75.5 Å². The Morgan fingerprint density at radius 1 is 1.10 bits per heavy atom. The van der Waals surface area contributed by atoms with Crippen LogP contribution in [0.2, 0.25) is 0 Å². The summed E-state index contributed by atoms with van der Waals surface area (Å²) in [6.07, 6.45) is 5.32. The highest BCUT2D eigenvalue weighted by Crippen LogP contribution is 2.20. The predicted molar refractivity (Wildman–Crippen MR) is 110 cm³/mol. The lowest BCUT2D eigenvalue weighted by Gasteiger charge is -2.36. The molecular weight excluding hydrogens is 368 g/mol. The molecule has 1 aliphatic heterocycles. The molecule has 0 atom stereocenters. The minimum absolute atomic E-state index is 0.0458. The number of rotatable bonds is 5. The molecule has 2 amide bonds. The van der Waals surface area contributed by atoms with E-state index in [9.17, 15) is 4.79 Å². The van der Waals surface area contributed by atoms with Gasteiger partial charge < -0.3 is 19.9 Å². The van der Waals surface area contributed by atoms with Crippen molar-refractivity contribution in [3.05, 3.63) is 66.6 Å². The number of carbonyl (C=O) groups excluding carboxylic acids is 1. The van der Waals surface area contributed by atoms with Crippen molar-refractivity contribution in [2.75, 3.05) is 38.2 Å². The smallest absolute Gasteiger partial charge is 0.317 e. The molecule has 0 radical (unpaired) electrons. The van der Waals surface area contributed by atoms with Gasteiger partial charge in [-0.1, -0.05) is 6.07 Å². The van der Waals surface area contributed by atoms with Gasteiger partial charge in [0.15, 0.2) is 5.82 Å². The highest BCUT2D eigenvalue weighted by atomic mass is 16.5. The Balaban J connectivity index is 1.25. The molecule has 0 saturated carbocycles. The van der Waals surface area contributed by atoms with Crippen molar-refractivity contribution in [1.29, 1.82) is 0 Å². The molecule has 1 aromatic carbocycles. The number of benzene rings is 1. The Labute approximate surface area is 169 Å².